The van der Waals surface area contributed by atoms with Crippen molar-refractivity contribution in [2.24, 2.45) is 0 Å². The molecule has 2 nitrogen and oxygen atoms in total. The van der Waals surface area contributed by atoms with Crippen LogP contribution in [-0.4, -0.2) is 19.1 Å². The zero-order valence-electron chi connectivity index (χ0n) is 27.4. The van der Waals surface area contributed by atoms with Gasteiger partial charge in [0.1, 0.15) is 11.7 Å². The highest BCUT2D eigenvalue weighted by Gasteiger charge is 2.47. The van der Waals surface area contributed by atoms with E-state index in [0.29, 0.717) is 6.04 Å². The van der Waals surface area contributed by atoms with Crippen molar-refractivity contribution in [2.45, 2.75) is 111 Å². The Bertz CT molecular complexity index is 1330. The Balaban J connectivity index is 0.00000189. The molecule has 5 rings (SSSR count). The monoisotopic (exact) mass is 551 g/mol. The van der Waals surface area contributed by atoms with Gasteiger partial charge in [0.25, 0.3) is 0 Å². The van der Waals surface area contributed by atoms with Crippen LogP contribution in [0.5, 0.6) is 0 Å². The highest BCUT2D eigenvalue weighted by atomic mass is 15.2. The Morgan fingerprint density at radius 2 is 1.56 bits per heavy atom. The van der Waals surface area contributed by atoms with Crippen LogP contribution in [0.15, 0.2) is 95.3 Å². The molecular weight excluding hydrogens is 496 g/mol. The van der Waals surface area contributed by atoms with Gasteiger partial charge in [-0.3, -0.25) is 4.90 Å². The van der Waals surface area contributed by atoms with Crippen molar-refractivity contribution < 1.29 is 4.90 Å². The molecule has 2 heterocycles. The van der Waals surface area contributed by atoms with Crippen molar-refractivity contribution in [3.05, 3.63) is 106 Å². The topological polar surface area (TPSA) is 7.68 Å². The van der Waals surface area contributed by atoms with Gasteiger partial charge in [-0.25, -0.2) is 0 Å². The van der Waals surface area contributed by atoms with Gasteiger partial charge in [-0.1, -0.05) is 90.1 Å². The maximum atomic E-state index is 2.56. The molecule has 220 valence electrons. The lowest BCUT2D eigenvalue weighted by atomic mass is 9.79. The lowest BCUT2D eigenvalue weighted by Gasteiger charge is -2.28. The molecule has 0 saturated heterocycles. The lowest BCUT2D eigenvalue weighted by molar-refractivity contribution is -0.850. The molecule has 41 heavy (non-hydrogen) atoms. The summed E-state index contributed by atoms with van der Waals surface area (Å²) in [5, 5.41) is 0. The van der Waals surface area contributed by atoms with E-state index >= 15 is 0 Å². The van der Waals surface area contributed by atoms with Crippen molar-refractivity contribution in [2.75, 3.05) is 18.0 Å². The molecule has 0 fully saturated rings. The summed E-state index contributed by atoms with van der Waals surface area (Å²) in [7, 11) is 0. The largest absolute Gasteiger partial charge is 0.344 e. The van der Waals surface area contributed by atoms with Crippen molar-refractivity contribution >= 4 is 11.4 Å². The fourth-order valence-electron chi connectivity index (χ4n) is 7.48. The van der Waals surface area contributed by atoms with Gasteiger partial charge in [-0.15, -0.1) is 0 Å². The number of anilines is 1. The highest BCUT2D eigenvalue weighted by molar-refractivity contribution is 5.70. The molecular formula is C39H55N2+. The molecule has 3 aliphatic rings. The predicted molar refractivity (Wildman–Crippen MR) is 179 cm³/mol. The van der Waals surface area contributed by atoms with E-state index in [1.165, 1.54) is 77.1 Å². The van der Waals surface area contributed by atoms with Crippen LogP contribution in [0.25, 0.3) is 0 Å². The Labute approximate surface area is 251 Å². The van der Waals surface area contributed by atoms with Gasteiger partial charge in [-0.2, -0.15) is 0 Å². The first-order chi connectivity index (χ1) is 19.7. The maximum absolute atomic E-state index is 2.56. The van der Waals surface area contributed by atoms with Crippen molar-refractivity contribution in [1.29, 1.82) is 0 Å². The number of hydrogen-bond acceptors (Lipinski definition) is 1. The number of hydrogen-bond donors (Lipinski definition) is 1. The summed E-state index contributed by atoms with van der Waals surface area (Å²) < 4.78 is 0. The molecule has 2 aliphatic heterocycles. The third-order valence-corrected chi connectivity index (χ3v) is 9.67. The van der Waals surface area contributed by atoms with Crippen LogP contribution in [0, 0.1) is 0 Å². The summed E-state index contributed by atoms with van der Waals surface area (Å²) >= 11 is 0. The second kappa shape index (κ2) is 13.0. The van der Waals surface area contributed by atoms with E-state index in [9.17, 15) is 0 Å². The zero-order chi connectivity index (χ0) is 29.8. The normalized spacial score (nSPS) is 24.6. The number of para-hydroxylation sites is 2. The summed E-state index contributed by atoms with van der Waals surface area (Å²) in [4.78, 5) is 4.18. The van der Waals surface area contributed by atoms with E-state index in [4.69, 9.17) is 0 Å². The molecule has 1 aliphatic carbocycles. The molecule has 2 atom stereocenters. The van der Waals surface area contributed by atoms with E-state index in [-0.39, 0.29) is 10.8 Å². The second-order valence-electron chi connectivity index (χ2n) is 12.9. The molecule has 0 radical (unpaired) electrons. The third kappa shape index (κ3) is 5.78. The highest BCUT2D eigenvalue weighted by Crippen LogP contribution is 2.48. The van der Waals surface area contributed by atoms with Crippen molar-refractivity contribution in [1.82, 2.24) is 0 Å². The number of allylic oxidation sites excluding steroid dienone is 7. The van der Waals surface area contributed by atoms with Gasteiger partial charge >= 0.3 is 0 Å². The molecule has 0 aromatic heterocycles. The molecule has 0 amide bonds. The van der Waals surface area contributed by atoms with E-state index in [1.54, 1.807) is 4.90 Å². The molecule has 2 aromatic rings. The summed E-state index contributed by atoms with van der Waals surface area (Å²) in [6.45, 7) is 22.8. The third-order valence-electron chi connectivity index (χ3n) is 9.67. The van der Waals surface area contributed by atoms with E-state index < -0.39 is 0 Å². The Morgan fingerprint density at radius 3 is 2.27 bits per heavy atom. The summed E-state index contributed by atoms with van der Waals surface area (Å²) in [6, 6.07) is 18.6. The van der Waals surface area contributed by atoms with Gasteiger partial charge in [0.2, 0.25) is 0 Å². The minimum Gasteiger partial charge on any atom is -0.344 e. The average molecular weight is 552 g/mol. The Hall–Kier alpha value is -2.84. The molecule has 0 bridgehead atoms. The quantitative estimate of drug-likeness (QED) is 0.360. The summed E-state index contributed by atoms with van der Waals surface area (Å²) in [5.74, 6) is 0. The Kier molecular flexibility index (Phi) is 9.85. The fraction of sp³-hybridized carbons (Fsp3) is 0.487. The SMILES string of the molecule is CC.CCCN1/C(=C/C=C2\CCCC(/C=C/C3[NH+](CCC)c4ccccc4C3(C)C)=C2C)C(C)(C)c2ccccc21. The molecule has 0 spiro atoms. The molecule has 1 N–H and O–H groups in total. The van der Waals surface area contributed by atoms with Crippen LogP contribution in [-0.2, 0) is 10.8 Å². The van der Waals surface area contributed by atoms with Crippen LogP contribution >= 0.6 is 0 Å². The number of fused-ring (bicyclic) bond motifs is 2. The van der Waals surface area contributed by atoms with Gasteiger partial charge in [0, 0.05) is 28.9 Å². The molecule has 0 saturated carbocycles. The van der Waals surface area contributed by atoms with Gasteiger partial charge in [0.05, 0.1) is 12.0 Å². The van der Waals surface area contributed by atoms with Gasteiger partial charge < -0.3 is 4.90 Å². The molecule has 2 unspecified atom stereocenters. The zero-order valence-corrected chi connectivity index (χ0v) is 27.4. The van der Waals surface area contributed by atoms with Crippen LogP contribution in [0.2, 0.25) is 0 Å². The smallest absolute Gasteiger partial charge is 0.135 e. The van der Waals surface area contributed by atoms with Crippen molar-refractivity contribution in [3.8, 4) is 0 Å². The van der Waals surface area contributed by atoms with E-state index in [0.717, 1.165) is 13.0 Å². The number of rotatable bonds is 7. The summed E-state index contributed by atoms with van der Waals surface area (Å²) in [6.07, 6.45) is 15.8. The maximum Gasteiger partial charge on any atom is 0.135 e. The average Bonchev–Trinajstić information content (AvgIpc) is 3.32. The van der Waals surface area contributed by atoms with E-state index in [1.807, 2.05) is 13.8 Å². The number of quaternary nitrogens is 1. The second-order valence-corrected chi connectivity index (χ2v) is 12.9. The van der Waals surface area contributed by atoms with Crippen LogP contribution < -0.4 is 9.80 Å². The molecule has 2 heteroatoms. The summed E-state index contributed by atoms with van der Waals surface area (Å²) in [5.41, 5.74) is 11.9. The Morgan fingerprint density at radius 1 is 0.878 bits per heavy atom. The number of nitrogens with zero attached hydrogens (tertiary/aromatic N) is 1. The van der Waals surface area contributed by atoms with Crippen LogP contribution in [0.3, 0.4) is 0 Å². The number of benzene rings is 2. The molecule has 2 aromatic carbocycles. The van der Waals surface area contributed by atoms with E-state index in [2.05, 4.69) is 126 Å². The predicted octanol–water partition coefficient (Wildman–Crippen LogP) is 9.37. The lowest BCUT2D eigenvalue weighted by Crippen LogP contribution is -3.10. The minimum atomic E-state index is 0.0203. The van der Waals surface area contributed by atoms with Gasteiger partial charge in [0.15, 0.2) is 0 Å². The van der Waals surface area contributed by atoms with Gasteiger partial charge in [-0.05, 0) is 99.4 Å². The van der Waals surface area contributed by atoms with Crippen LogP contribution in [0.4, 0.5) is 11.4 Å². The minimum absolute atomic E-state index is 0.0203. The number of nitrogens with one attached hydrogen (secondary N) is 1. The first kappa shape index (κ1) is 31.1. The first-order valence-electron chi connectivity index (χ1n) is 16.3. The van der Waals surface area contributed by atoms with Crippen LogP contribution in [0.1, 0.15) is 106 Å². The van der Waals surface area contributed by atoms with Crippen molar-refractivity contribution in [3.63, 3.8) is 0 Å². The first-order valence-corrected chi connectivity index (χ1v) is 16.3. The fourth-order valence-corrected chi connectivity index (χ4v) is 7.48. The standard InChI is InChI=1S/C37H48N2.C2H6/c1-8-25-38-32-19-12-10-17-30(32)36(4,5)34(38)23-21-28-15-14-16-29(27(28)3)22-24-35-37(6,7)31-18-11-13-20-33(31)39(35)26-9-2;1-2/h10-13,17-24,34H,8-9,14-16,25-26H2,1-7H3;1-2H3/p+1/b23-21+,29-22+,35-24+;.